The van der Waals surface area contributed by atoms with Gasteiger partial charge in [0.2, 0.25) is 0 Å². The predicted octanol–water partition coefficient (Wildman–Crippen LogP) is 3.07. The van der Waals surface area contributed by atoms with Crippen molar-refractivity contribution in [1.29, 1.82) is 0 Å². The standard InChI is InChI=1S/C11H18N2S/c1-5-6-8(2)13-10(4)11-9(3)12-7-14-11/h5,7-8,10,13H,1,6H2,2-4H3. The molecule has 1 aromatic rings. The summed E-state index contributed by atoms with van der Waals surface area (Å²) in [6.45, 7) is 10.2. The molecule has 0 fully saturated rings. The zero-order valence-corrected chi connectivity index (χ0v) is 9.90. The predicted molar refractivity (Wildman–Crippen MR) is 62.7 cm³/mol. The van der Waals surface area contributed by atoms with E-state index in [0.29, 0.717) is 12.1 Å². The summed E-state index contributed by atoms with van der Waals surface area (Å²) in [7, 11) is 0. The fraction of sp³-hybridized carbons (Fsp3) is 0.545. The van der Waals surface area contributed by atoms with Crippen LogP contribution in [-0.2, 0) is 0 Å². The van der Waals surface area contributed by atoms with Crippen molar-refractivity contribution in [3.8, 4) is 0 Å². The second-order valence-electron chi connectivity index (χ2n) is 3.62. The number of hydrogen-bond acceptors (Lipinski definition) is 3. The van der Waals surface area contributed by atoms with Crippen LogP contribution in [0.4, 0.5) is 0 Å². The van der Waals surface area contributed by atoms with Crippen LogP contribution in [0.15, 0.2) is 18.2 Å². The molecule has 2 nitrogen and oxygen atoms in total. The summed E-state index contributed by atoms with van der Waals surface area (Å²) in [5.74, 6) is 0. The number of thiazole rings is 1. The van der Waals surface area contributed by atoms with Gasteiger partial charge in [-0.2, -0.15) is 0 Å². The van der Waals surface area contributed by atoms with Gasteiger partial charge in [-0.25, -0.2) is 4.98 Å². The Hall–Kier alpha value is -0.670. The Labute approximate surface area is 90.1 Å². The summed E-state index contributed by atoms with van der Waals surface area (Å²) in [4.78, 5) is 5.58. The molecule has 2 atom stereocenters. The van der Waals surface area contributed by atoms with Gasteiger partial charge in [0.05, 0.1) is 11.2 Å². The van der Waals surface area contributed by atoms with E-state index >= 15 is 0 Å². The van der Waals surface area contributed by atoms with Gasteiger partial charge in [-0.15, -0.1) is 17.9 Å². The van der Waals surface area contributed by atoms with Crippen LogP contribution in [0.1, 0.15) is 36.9 Å². The molecular formula is C11H18N2S. The zero-order chi connectivity index (χ0) is 10.6. The first-order valence-corrected chi connectivity index (χ1v) is 5.80. The lowest BCUT2D eigenvalue weighted by atomic mass is 10.2. The maximum atomic E-state index is 4.25. The molecule has 0 amide bonds. The Balaban J connectivity index is 2.54. The Bertz CT molecular complexity index is 293. The van der Waals surface area contributed by atoms with E-state index in [4.69, 9.17) is 0 Å². The number of hydrogen-bond donors (Lipinski definition) is 1. The van der Waals surface area contributed by atoms with Crippen LogP contribution in [0.2, 0.25) is 0 Å². The molecule has 0 spiro atoms. The molecular weight excluding hydrogens is 192 g/mol. The Morgan fingerprint density at radius 3 is 2.86 bits per heavy atom. The average molecular weight is 210 g/mol. The highest BCUT2D eigenvalue weighted by atomic mass is 32.1. The van der Waals surface area contributed by atoms with Crippen molar-refractivity contribution in [2.24, 2.45) is 0 Å². The first-order chi connectivity index (χ1) is 6.65. The van der Waals surface area contributed by atoms with Crippen molar-refractivity contribution in [3.63, 3.8) is 0 Å². The quantitative estimate of drug-likeness (QED) is 0.755. The van der Waals surface area contributed by atoms with Crippen molar-refractivity contribution >= 4 is 11.3 Å². The van der Waals surface area contributed by atoms with Crippen LogP contribution in [0.25, 0.3) is 0 Å². The lowest BCUT2D eigenvalue weighted by molar-refractivity contribution is 0.486. The molecule has 0 radical (unpaired) electrons. The van der Waals surface area contributed by atoms with Crippen molar-refractivity contribution in [3.05, 3.63) is 28.7 Å². The molecule has 0 aliphatic heterocycles. The first kappa shape index (κ1) is 11.4. The van der Waals surface area contributed by atoms with Crippen LogP contribution >= 0.6 is 11.3 Å². The minimum absolute atomic E-state index is 0.387. The van der Waals surface area contributed by atoms with E-state index in [1.807, 2.05) is 11.6 Å². The molecule has 0 aliphatic rings. The van der Waals surface area contributed by atoms with Crippen molar-refractivity contribution < 1.29 is 0 Å². The smallest absolute Gasteiger partial charge is 0.0798 e. The molecule has 1 N–H and O–H groups in total. The number of aryl methyl sites for hydroxylation is 1. The van der Waals surface area contributed by atoms with Crippen molar-refractivity contribution in [1.82, 2.24) is 10.3 Å². The van der Waals surface area contributed by atoms with Gasteiger partial charge in [0.1, 0.15) is 0 Å². The van der Waals surface area contributed by atoms with Gasteiger partial charge in [-0.1, -0.05) is 6.08 Å². The highest BCUT2D eigenvalue weighted by Crippen LogP contribution is 2.21. The highest BCUT2D eigenvalue weighted by molar-refractivity contribution is 7.09. The SMILES string of the molecule is C=CCC(C)NC(C)c1scnc1C. The topological polar surface area (TPSA) is 24.9 Å². The number of rotatable bonds is 5. The zero-order valence-electron chi connectivity index (χ0n) is 9.08. The van der Waals surface area contributed by atoms with E-state index < -0.39 is 0 Å². The summed E-state index contributed by atoms with van der Waals surface area (Å²) in [6, 6.07) is 0.862. The van der Waals surface area contributed by atoms with E-state index in [2.05, 4.69) is 37.7 Å². The van der Waals surface area contributed by atoms with E-state index in [-0.39, 0.29) is 0 Å². The molecule has 0 bridgehead atoms. The maximum absolute atomic E-state index is 4.25. The van der Waals surface area contributed by atoms with Crippen molar-refractivity contribution in [2.75, 3.05) is 0 Å². The monoisotopic (exact) mass is 210 g/mol. The second kappa shape index (κ2) is 5.27. The van der Waals surface area contributed by atoms with Crippen LogP contribution in [0.3, 0.4) is 0 Å². The van der Waals surface area contributed by atoms with Crippen LogP contribution in [0.5, 0.6) is 0 Å². The molecule has 2 unspecified atom stereocenters. The van der Waals surface area contributed by atoms with Crippen LogP contribution in [0, 0.1) is 6.92 Å². The van der Waals surface area contributed by atoms with Gasteiger partial charge >= 0.3 is 0 Å². The van der Waals surface area contributed by atoms with E-state index in [9.17, 15) is 0 Å². The van der Waals surface area contributed by atoms with Gasteiger partial charge in [0.25, 0.3) is 0 Å². The van der Waals surface area contributed by atoms with Crippen LogP contribution in [-0.4, -0.2) is 11.0 Å². The fourth-order valence-electron chi connectivity index (χ4n) is 1.55. The second-order valence-corrected chi connectivity index (χ2v) is 4.50. The summed E-state index contributed by atoms with van der Waals surface area (Å²) < 4.78 is 0. The van der Waals surface area contributed by atoms with Gasteiger partial charge < -0.3 is 5.32 Å². The summed E-state index contributed by atoms with van der Waals surface area (Å²) in [5.41, 5.74) is 3.04. The van der Waals surface area contributed by atoms with E-state index in [1.165, 1.54) is 4.88 Å². The van der Waals surface area contributed by atoms with Gasteiger partial charge in [0, 0.05) is 17.0 Å². The molecule has 78 valence electrons. The largest absolute Gasteiger partial charge is 0.307 e. The maximum Gasteiger partial charge on any atom is 0.0798 e. The molecule has 0 aliphatic carbocycles. The van der Waals surface area contributed by atoms with E-state index in [1.54, 1.807) is 11.3 Å². The summed E-state index contributed by atoms with van der Waals surface area (Å²) in [6.07, 6.45) is 2.95. The molecule has 1 heterocycles. The number of nitrogens with zero attached hydrogens (tertiary/aromatic N) is 1. The third kappa shape index (κ3) is 2.93. The Kier molecular flexibility index (Phi) is 4.29. The van der Waals surface area contributed by atoms with Crippen LogP contribution < -0.4 is 5.32 Å². The normalized spacial score (nSPS) is 15.1. The minimum atomic E-state index is 0.387. The number of aromatic nitrogens is 1. The lowest BCUT2D eigenvalue weighted by Crippen LogP contribution is -2.28. The van der Waals surface area contributed by atoms with Gasteiger partial charge in [-0.05, 0) is 27.2 Å². The fourth-order valence-corrected chi connectivity index (χ4v) is 2.37. The third-order valence-electron chi connectivity index (χ3n) is 2.23. The molecule has 1 aromatic heterocycles. The van der Waals surface area contributed by atoms with E-state index in [0.717, 1.165) is 12.1 Å². The Morgan fingerprint density at radius 1 is 1.64 bits per heavy atom. The average Bonchev–Trinajstić information content (AvgIpc) is 2.51. The third-order valence-corrected chi connectivity index (χ3v) is 3.34. The highest BCUT2D eigenvalue weighted by Gasteiger charge is 2.12. The molecule has 0 aromatic carbocycles. The Morgan fingerprint density at radius 2 is 2.36 bits per heavy atom. The summed E-state index contributed by atoms with van der Waals surface area (Å²) in [5, 5.41) is 3.52. The number of nitrogens with one attached hydrogen (secondary N) is 1. The van der Waals surface area contributed by atoms with Gasteiger partial charge in [0.15, 0.2) is 0 Å². The summed E-state index contributed by atoms with van der Waals surface area (Å²) >= 11 is 1.72. The molecule has 1 rings (SSSR count). The minimum Gasteiger partial charge on any atom is -0.307 e. The molecule has 14 heavy (non-hydrogen) atoms. The molecule has 3 heteroatoms. The van der Waals surface area contributed by atoms with Crippen molar-refractivity contribution in [2.45, 2.75) is 39.3 Å². The van der Waals surface area contributed by atoms with Gasteiger partial charge in [-0.3, -0.25) is 0 Å². The lowest BCUT2D eigenvalue weighted by Gasteiger charge is -2.18. The molecule has 0 saturated carbocycles. The first-order valence-electron chi connectivity index (χ1n) is 4.92. The molecule has 0 saturated heterocycles.